The second-order valence-corrected chi connectivity index (χ2v) is 6.59. The van der Waals surface area contributed by atoms with Crippen LogP contribution < -0.4 is 10.6 Å². The minimum absolute atomic E-state index is 0.474. The molecule has 23 heavy (non-hydrogen) atoms. The van der Waals surface area contributed by atoms with Gasteiger partial charge in [-0.2, -0.15) is 0 Å². The lowest BCUT2D eigenvalue weighted by atomic mass is 10.2. The van der Waals surface area contributed by atoms with Gasteiger partial charge in [-0.1, -0.05) is 35.9 Å². The molecule has 2 aromatic rings. The van der Waals surface area contributed by atoms with E-state index in [0.717, 1.165) is 11.3 Å². The number of nitrogens with one attached hydrogen (secondary N) is 2. The third kappa shape index (κ3) is 5.83. The Balaban J connectivity index is 2.02. The maximum Gasteiger partial charge on any atom is 0.412 e. The molecule has 2 rings (SSSR count). The zero-order valence-corrected chi connectivity index (χ0v) is 14.3. The molecule has 0 radical (unpaired) electrons. The normalized spacial score (nSPS) is 11.0. The zero-order chi connectivity index (χ0) is 16.9. The summed E-state index contributed by atoms with van der Waals surface area (Å²) >= 11 is 5.88. The van der Waals surface area contributed by atoms with E-state index in [4.69, 9.17) is 16.3 Å². The molecule has 0 atom stereocenters. The van der Waals surface area contributed by atoms with E-state index in [2.05, 4.69) is 10.6 Å². The first-order valence-corrected chi connectivity index (χ1v) is 7.79. The topological polar surface area (TPSA) is 50.4 Å². The third-order valence-electron chi connectivity index (χ3n) is 2.96. The summed E-state index contributed by atoms with van der Waals surface area (Å²) in [4.78, 5) is 11.9. The molecule has 2 N–H and O–H groups in total. The quantitative estimate of drug-likeness (QED) is 0.798. The number of ether oxygens (including phenoxy) is 1. The van der Waals surface area contributed by atoms with Gasteiger partial charge in [0.25, 0.3) is 0 Å². The molecule has 0 aromatic heterocycles. The summed E-state index contributed by atoms with van der Waals surface area (Å²) < 4.78 is 5.28. The van der Waals surface area contributed by atoms with E-state index in [9.17, 15) is 4.79 Å². The van der Waals surface area contributed by atoms with E-state index >= 15 is 0 Å². The lowest BCUT2D eigenvalue weighted by Crippen LogP contribution is -2.27. The van der Waals surface area contributed by atoms with Crippen LogP contribution in [0.2, 0.25) is 5.02 Å². The first-order valence-electron chi connectivity index (χ1n) is 7.41. The van der Waals surface area contributed by atoms with Crippen molar-refractivity contribution in [2.75, 3.05) is 10.6 Å². The van der Waals surface area contributed by atoms with Crippen molar-refractivity contribution in [1.29, 1.82) is 0 Å². The Morgan fingerprint density at radius 2 is 1.65 bits per heavy atom. The molecule has 4 nitrogen and oxygen atoms in total. The van der Waals surface area contributed by atoms with Crippen LogP contribution in [0.5, 0.6) is 0 Å². The average molecular weight is 333 g/mol. The predicted molar refractivity (Wildman–Crippen MR) is 95.1 cm³/mol. The van der Waals surface area contributed by atoms with Crippen LogP contribution in [-0.4, -0.2) is 11.7 Å². The van der Waals surface area contributed by atoms with E-state index < -0.39 is 11.7 Å². The van der Waals surface area contributed by atoms with Crippen molar-refractivity contribution < 1.29 is 9.53 Å². The van der Waals surface area contributed by atoms with Crippen molar-refractivity contribution in [3.8, 4) is 0 Å². The summed E-state index contributed by atoms with van der Waals surface area (Å²) in [5.74, 6) is 0. The molecule has 0 spiro atoms. The maximum absolute atomic E-state index is 11.9. The summed E-state index contributed by atoms with van der Waals surface area (Å²) in [6.45, 7) is 6.12. The SMILES string of the molecule is CC(C)(C)OC(=O)Nc1ccccc1NCc1ccc(Cl)cc1. The lowest BCUT2D eigenvalue weighted by Gasteiger charge is -2.20. The van der Waals surface area contributed by atoms with E-state index in [-0.39, 0.29) is 0 Å². The van der Waals surface area contributed by atoms with Crippen LogP contribution in [0.15, 0.2) is 48.5 Å². The molecule has 122 valence electrons. The van der Waals surface area contributed by atoms with Crippen LogP contribution in [0.1, 0.15) is 26.3 Å². The molecule has 0 aliphatic rings. The molecule has 0 aliphatic heterocycles. The fourth-order valence-electron chi connectivity index (χ4n) is 1.96. The van der Waals surface area contributed by atoms with Crippen molar-refractivity contribution in [2.24, 2.45) is 0 Å². The Kier molecular flexibility index (Phi) is 5.50. The van der Waals surface area contributed by atoms with Crippen molar-refractivity contribution >= 4 is 29.1 Å². The highest BCUT2D eigenvalue weighted by Crippen LogP contribution is 2.23. The monoisotopic (exact) mass is 332 g/mol. The zero-order valence-electron chi connectivity index (χ0n) is 13.5. The minimum Gasteiger partial charge on any atom is -0.444 e. The van der Waals surface area contributed by atoms with Crippen LogP contribution in [0.4, 0.5) is 16.2 Å². The molecule has 0 unspecified atom stereocenters. The van der Waals surface area contributed by atoms with Crippen LogP contribution in [0.25, 0.3) is 0 Å². The minimum atomic E-state index is -0.532. The van der Waals surface area contributed by atoms with Gasteiger partial charge in [0.1, 0.15) is 5.60 Å². The number of carbonyl (C=O) groups excluding carboxylic acids is 1. The average Bonchev–Trinajstić information content (AvgIpc) is 2.46. The molecule has 0 fully saturated rings. The van der Waals surface area contributed by atoms with Crippen LogP contribution in [0, 0.1) is 0 Å². The molecule has 0 saturated carbocycles. The molecular formula is C18H21ClN2O2. The van der Waals surface area contributed by atoms with Crippen LogP contribution in [-0.2, 0) is 11.3 Å². The van der Waals surface area contributed by atoms with E-state index in [0.29, 0.717) is 17.3 Å². The Morgan fingerprint density at radius 3 is 2.26 bits per heavy atom. The molecule has 2 aromatic carbocycles. The molecule has 0 saturated heterocycles. The number of anilines is 2. The number of halogens is 1. The van der Waals surface area contributed by atoms with Gasteiger partial charge >= 0.3 is 6.09 Å². The van der Waals surface area contributed by atoms with Gasteiger partial charge in [0.15, 0.2) is 0 Å². The third-order valence-corrected chi connectivity index (χ3v) is 3.21. The van der Waals surface area contributed by atoms with Gasteiger partial charge in [-0.15, -0.1) is 0 Å². The molecule has 0 bridgehead atoms. The van der Waals surface area contributed by atoms with Gasteiger partial charge < -0.3 is 10.1 Å². The Bertz CT molecular complexity index is 663. The fraction of sp³-hybridized carbons (Fsp3) is 0.278. The van der Waals surface area contributed by atoms with Crippen LogP contribution in [0.3, 0.4) is 0 Å². The Hall–Kier alpha value is -2.20. The first-order chi connectivity index (χ1) is 10.8. The first kappa shape index (κ1) is 17.2. The summed E-state index contributed by atoms with van der Waals surface area (Å²) in [6, 6.07) is 15.1. The second-order valence-electron chi connectivity index (χ2n) is 6.15. The summed E-state index contributed by atoms with van der Waals surface area (Å²) in [7, 11) is 0. The van der Waals surface area contributed by atoms with E-state index in [1.807, 2.05) is 69.3 Å². The number of rotatable bonds is 4. The standard InChI is InChI=1S/C18H21ClN2O2/c1-18(2,3)23-17(22)21-16-7-5-4-6-15(16)20-12-13-8-10-14(19)11-9-13/h4-11,20H,12H2,1-3H3,(H,21,22). The summed E-state index contributed by atoms with van der Waals surface area (Å²) in [5, 5.41) is 6.78. The molecule has 5 heteroatoms. The molecule has 1 amide bonds. The number of carbonyl (C=O) groups is 1. The molecular weight excluding hydrogens is 312 g/mol. The number of hydrogen-bond acceptors (Lipinski definition) is 3. The van der Waals surface area contributed by atoms with Crippen molar-refractivity contribution in [3.05, 3.63) is 59.1 Å². The van der Waals surface area contributed by atoms with Gasteiger partial charge in [0.05, 0.1) is 11.4 Å². The maximum atomic E-state index is 11.9. The van der Waals surface area contributed by atoms with Gasteiger partial charge in [0.2, 0.25) is 0 Å². The van der Waals surface area contributed by atoms with E-state index in [1.165, 1.54) is 0 Å². The predicted octanol–water partition coefficient (Wildman–Crippen LogP) is 5.30. The molecule has 0 aliphatic carbocycles. The van der Waals surface area contributed by atoms with Crippen molar-refractivity contribution in [3.63, 3.8) is 0 Å². The smallest absolute Gasteiger partial charge is 0.412 e. The van der Waals surface area contributed by atoms with Gasteiger partial charge in [-0.3, -0.25) is 5.32 Å². The number of amides is 1. The van der Waals surface area contributed by atoms with Crippen molar-refractivity contribution in [2.45, 2.75) is 32.9 Å². The van der Waals surface area contributed by atoms with Gasteiger partial charge in [0, 0.05) is 11.6 Å². The Labute approximate surface area is 141 Å². The van der Waals surface area contributed by atoms with Crippen molar-refractivity contribution in [1.82, 2.24) is 0 Å². The highest BCUT2D eigenvalue weighted by Gasteiger charge is 2.17. The Morgan fingerprint density at radius 1 is 1.04 bits per heavy atom. The van der Waals surface area contributed by atoms with E-state index in [1.54, 1.807) is 0 Å². The highest BCUT2D eigenvalue weighted by atomic mass is 35.5. The van der Waals surface area contributed by atoms with Gasteiger partial charge in [-0.05, 0) is 50.6 Å². The number of para-hydroxylation sites is 2. The molecule has 0 heterocycles. The summed E-state index contributed by atoms with van der Waals surface area (Å²) in [5.41, 5.74) is 2.07. The largest absolute Gasteiger partial charge is 0.444 e. The highest BCUT2D eigenvalue weighted by molar-refractivity contribution is 6.30. The fourth-order valence-corrected chi connectivity index (χ4v) is 2.09. The van der Waals surface area contributed by atoms with Crippen LogP contribution >= 0.6 is 11.6 Å². The number of benzene rings is 2. The number of hydrogen-bond donors (Lipinski definition) is 2. The second kappa shape index (κ2) is 7.38. The lowest BCUT2D eigenvalue weighted by molar-refractivity contribution is 0.0636. The summed E-state index contributed by atoms with van der Waals surface area (Å²) in [6.07, 6.45) is -0.474. The van der Waals surface area contributed by atoms with Gasteiger partial charge in [-0.25, -0.2) is 4.79 Å².